The minimum atomic E-state index is -0.957. The van der Waals surface area contributed by atoms with Gasteiger partial charge in [-0.2, -0.15) is 0 Å². The van der Waals surface area contributed by atoms with Crippen molar-refractivity contribution in [2.24, 2.45) is 0 Å². The van der Waals surface area contributed by atoms with Crippen LogP contribution in [0.4, 0.5) is 8.78 Å². The average molecular weight is 462 g/mol. The second kappa shape index (κ2) is 9.63. The number of nitrogens with zero attached hydrogens (tertiary/aromatic N) is 2. The molecule has 1 aromatic heterocycles. The Morgan fingerprint density at radius 2 is 1.82 bits per heavy atom. The van der Waals surface area contributed by atoms with Crippen molar-refractivity contribution in [3.05, 3.63) is 95.3 Å². The molecule has 0 radical (unpaired) electrons. The fourth-order valence-electron chi connectivity index (χ4n) is 4.53. The first-order valence-electron chi connectivity index (χ1n) is 11.5. The van der Waals surface area contributed by atoms with Crippen molar-refractivity contribution in [1.82, 2.24) is 14.9 Å². The van der Waals surface area contributed by atoms with E-state index in [1.54, 1.807) is 6.07 Å². The van der Waals surface area contributed by atoms with Crippen LogP contribution >= 0.6 is 0 Å². The van der Waals surface area contributed by atoms with Crippen LogP contribution < -0.4 is 4.74 Å². The van der Waals surface area contributed by atoms with Crippen LogP contribution in [0, 0.1) is 11.6 Å². The predicted molar refractivity (Wildman–Crippen MR) is 126 cm³/mol. The molecule has 1 N–H and O–H groups in total. The number of carbonyl (C=O) groups excluding carboxylic acids is 1. The van der Waals surface area contributed by atoms with Gasteiger partial charge in [-0.1, -0.05) is 42.5 Å². The lowest BCUT2D eigenvalue weighted by atomic mass is 9.97. The van der Waals surface area contributed by atoms with Crippen LogP contribution in [0.25, 0.3) is 11.0 Å². The fraction of sp³-hybridized carbons (Fsp3) is 0.259. The lowest BCUT2D eigenvalue weighted by Crippen LogP contribution is -2.45. The van der Waals surface area contributed by atoms with Crippen molar-refractivity contribution in [2.75, 3.05) is 6.54 Å². The van der Waals surface area contributed by atoms with Gasteiger partial charge in [0.05, 0.1) is 11.1 Å². The molecule has 34 heavy (non-hydrogen) atoms. The van der Waals surface area contributed by atoms with E-state index >= 15 is 0 Å². The quantitative estimate of drug-likeness (QED) is 0.403. The number of rotatable bonds is 6. The lowest BCUT2D eigenvalue weighted by molar-refractivity contribution is 0.0606. The van der Waals surface area contributed by atoms with Gasteiger partial charge < -0.3 is 14.6 Å². The van der Waals surface area contributed by atoms with E-state index in [0.29, 0.717) is 42.2 Å². The smallest absolute Gasteiger partial charge is 0.257 e. The number of ether oxygens (including phenoxy) is 1. The summed E-state index contributed by atoms with van der Waals surface area (Å²) >= 11 is 0. The van der Waals surface area contributed by atoms with E-state index in [-0.39, 0.29) is 17.5 Å². The number of likely N-dealkylation sites (tertiary alicyclic amines) is 1. The van der Waals surface area contributed by atoms with Gasteiger partial charge in [0.15, 0.2) is 11.6 Å². The first kappa shape index (κ1) is 22.1. The highest BCUT2D eigenvalue weighted by atomic mass is 19.2. The molecular weight excluding hydrogens is 436 g/mol. The van der Waals surface area contributed by atoms with Crippen molar-refractivity contribution in [3.63, 3.8) is 0 Å². The Balaban J connectivity index is 1.36. The molecule has 1 amide bonds. The fourth-order valence-corrected chi connectivity index (χ4v) is 4.53. The summed E-state index contributed by atoms with van der Waals surface area (Å²) in [4.78, 5) is 22.8. The predicted octanol–water partition coefficient (Wildman–Crippen LogP) is 5.66. The maximum Gasteiger partial charge on any atom is 0.257 e. The maximum atomic E-state index is 14.1. The summed E-state index contributed by atoms with van der Waals surface area (Å²) in [5.41, 5.74) is 1.97. The Kier molecular flexibility index (Phi) is 6.25. The molecule has 0 bridgehead atoms. The normalized spacial score (nSPS) is 16.1. The monoisotopic (exact) mass is 461 g/mol. The summed E-state index contributed by atoms with van der Waals surface area (Å²) in [6, 6.07) is 19.6. The minimum absolute atomic E-state index is 0.0108. The van der Waals surface area contributed by atoms with Crippen LogP contribution in [0.1, 0.15) is 41.0 Å². The second-order valence-corrected chi connectivity index (χ2v) is 8.56. The highest BCUT2D eigenvalue weighted by Crippen LogP contribution is 2.27. The minimum Gasteiger partial charge on any atom is -0.488 e. The van der Waals surface area contributed by atoms with Gasteiger partial charge in [0, 0.05) is 19.0 Å². The average Bonchev–Trinajstić information content (AvgIpc) is 3.29. The third-order valence-electron chi connectivity index (χ3n) is 6.27. The number of amides is 1. The molecular formula is C27H25F2N3O2. The largest absolute Gasteiger partial charge is 0.488 e. The molecule has 174 valence electrons. The molecule has 1 saturated heterocycles. The Morgan fingerprint density at radius 1 is 1.03 bits per heavy atom. The second-order valence-electron chi connectivity index (χ2n) is 8.56. The summed E-state index contributed by atoms with van der Waals surface area (Å²) in [5.74, 6) is -0.894. The van der Waals surface area contributed by atoms with Crippen molar-refractivity contribution in [3.8, 4) is 5.75 Å². The topological polar surface area (TPSA) is 58.2 Å². The number of imidazole rings is 1. The summed E-state index contributed by atoms with van der Waals surface area (Å²) in [6.07, 6.45) is 3.15. The van der Waals surface area contributed by atoms with Crippen LogP contribution in [-0.2, 0) is 13.0 Å². The molecule has 4 aromatic rings. The van der Waals surface area contributed by atoms with Crippen LogP contribution in [0.2, 0.25) is 0 Å². The summed E-state index contributed by atoms with van der Waals surface area (Å²) in [7, 11) is 0. The maximum absolute atomic E-state index is 14.1. The molecule has 1 atom stereocenters. The molecule has 7 heteroatoms. The summed E-state index contributed by atoms with van der Waals surface area (Å²) in [6.45, 7) is 0.995. The molecule has 1 fully saturated rings. The first-order chi connectivity index (χ1) is 16.6. The summed E-state index contributed by atoms with van der Waals surface area (Å²) in [5, 5.41) is 0. The van der Waals surface area contributed by atoms with Crippen molar-refractivity contribution in [2.45, 2.75) is 38.3 Å². The molecule has 1 unspecified atom stereocenters. The van der Waals surface area contributed by atoms with E-state index in [9.17, 15) is 13.6 Å². The third kappa shape index (κ3) is 4.51. The van der Waals surface area contributed by atoms with E-state index in [2.05, 4.69) is 9.97 Å². The first-order valence-corrected chi connectivity index (χ1v) is 11.5. The number of benzene rings is 3. The number of para-hydroxylation sites is 1. The Bertz CT molecular complexity index is 1310. The number of piperidine rings is 1. The number of H-pyrrole nitrogens is 1. The number of aromatic nitrogens is 2. The molecule has 3 aromatic carbocycles. The molecule has 0 spiro atoms. The van der Waals surface area contributed by atoms with Gasteiger partial charge >= 0.3 is 0 Å². The number of hydrogen-bond acceptors (Lipinski definition) is 3. The number of halogens is 2. The van der Waals surface area contributed by atoms with E-state index in [4.69, 9.17) is 4.74 Å². The van der Waals surface area contributed by atoms with Gasteiger partial charge in [-0.05, 0) is 49.1 Å². The molecule has 1 aliphatic rings. The summed E-state index contributed by atoms with van der Waals surface area (Å²) < 4.78 is 33.7. The number of aromatic amines is 1. The van der Waals surface area contributed by atoms with Gasteiger partial charge in [-0.25, -0.2) is 13.8 Å². The Hall–Kier alpha value is -3.74. The Labute approximate surface area is 196 Å². The molecule has 0 saturated carbocycles. The molecule has 1 aliphatic heterocycles. The van der Waals surface area contributed by atoms with Crippen LogP contribution in [0.15, 0.2) is 66.7 Å². The van der Waals surface area contributed by atoms with Crippen LogP contribution in [0.3, 0.4) is 0 Å². The van der Waals surface area contributed by atoms with Crippen molar-refractivity contribution < 1.29 is 18.3 Å². The molecule has 2 heterocycles. The van der Waals surface area contributed by atoms with Crippen LogP contribution in [-0.4, -0.2) is 33.4 Å². The number of hydrogen-bond donors (Lipinski definition) is 1. The lowest BCUT2D eigenvalue weighted by Gasteiger charge is -2.35. The van der Waals surface area contributed by atoms with E-state index < -0.39 is 11.6 Å². The number of nitrogens with one attached hydrogen (secondary N) is 1. The van der Waals surface area contributed by atoms with Gasteiger partial charge in [-0.3, -0.25) is 4.79 Å². The molecule has 5 rings (SSSR count). The van der Waals surface area contributed by atoms with Crippen LogP contribution in [0.5, 0.6) is 5.75 Å². The highest BCUT2D eigenvalue weighted by Gasteiger charge is 2.30. The molecule has 5 nitrogen and oxygen atoms in total. The van der Waals surface area contributed by atoms with E-state index in [1.807, 2.05) is 53.4 Å². The zero-order chi connectivity index (χ0) is 23.5. The van der Waals surface area contributed by atoms with E-state index in [1.165, 1.54) is 6.07 Å². The third-order valence-corrected chi connectivity index (χ3v) is 6.27. The van der Waals surface area contributed by atoms with Gasteiger partial charge in [0.1, 0.15) is 23.7 Å². The molecule has 0 aliphatic carbocycles. The van der Waals surface area contributed by atoms with Crippen molar-refractivity contribution in [1.29, 1.82) is 0 Å². The highest BCUT2D eigenvalue weighted by molar-refractivity contribution is 5.97. The van der Waals surface area contributed by atoms with Gasteiger partial charge in [0.25, 0.3) is 5.91 Å². The Morgan fingerprint density at radius 3 is 2.68 bits per heavy atom. The van der Waals surface area contributed by atoms with Gasteiger partial charge in [0.2, 0.25) is 0 Å². The number of carbonyl (C=O) groups is 1. The van der Waals surface area contributed by atoms with Gasteiger partial charge in [-0.15, -0.1) is 0 Å². The standard InChI is InChI=1S/C27H25F2N3O2/c28-21-13-14-22-26(25(21)29)31-24(30-22)16-19-10-6-7-15-32(19)27(33)20-11-4-5-12-23(20)34-17-18-8-2-1-3-9-18/h1-5,8-9,11-14,19H,6-7,10,15-17H2,(H,30,31). The van der Waals surface area contributed by atoms with E-state index in [0.717, 1.165) is 30.9 Å². The zero-order valence-corrected chi connectivity index (χ0v) is 18.6. The zero-order valence-electron chi connectivity index (χ0n) is 18.6. The number of fused-ring (bicyclic) bond motifs is 1. The van der Waals surface area contributed by atoms with Crippen molar-refractivity contribution >= 4 is 16.9 Å². The SMILES string of the molecule is O=C(c1ccccc1OCc1ccccc1)N1CCCCC1Cc1nc2c(F)c(F)ccc2[nH]1.